The van der Waals surface area contributed by atoms with Gasteiger partial charge in [0.2, 0.25) is 0 Å². The predicted octanol–water partition coefficient (Wildman–Crippen LogP) is 1.89. The minimum atomic E-state index is 0.266. The first-order chi connectivity index (χ1) is 13.7. The van der Waals surface area contributed by atoms with Gasteiger partial charge in [-0.1, -0.05) is 18.2 Å². The first-order valence-electron chi connectivity index (χ1n) is 9.61. The van der Waals surface area contributed by atoms with E-state index < -0.39 is 0 Å². The molecule has 8 nitrogen and oxygen atoms in total. The van der Waals surface area contributed by atoms with E-state index in [4.69, 9.17) is 9.15 Å². The van der Waals surface area contributed by atoms with E-state index in [1.165, 1.54) is 0 Å². The Morgan fingerprint density at radius 3 is 3.11 bits per heavy atom. The number of nitrogens with zero attached hydrogens (tertiary/aromatic N) is 4. The van der Waals surface area contributed by atoms with Crippen molar-refractivity contribution in [3.8, 4) is 0 Å². The SMILES string of the molecule is CN=C(NCCc1cc2ccccc2o1)NC1CCc2nc(COC)nn2C1. The van der Waals surface area contributed by atoms with Crippen LogP contribution in [0.25, 0.3) is 11.0 Å². The zero-order valence-electron chi connectivity index (χ0n) is 16.3. The second-order valence-corrected chi connectivity index (χ2v) is 6.94. The molecule has 28 heavy (non-hydrogen) atoms. The average Bonchev–Trinajstić information content (AvgIpc) is 3.30. The van der Waals surface area contributed by atoms with Crippen LogP contribution in [0.3, 0.4) is 0 Å². The molecule has 2 N–H and O–H groups in total. The van der Waals surface area contributed by atoms with Gasteiger partial charge in [0.1, 0.15) is 23.8 Å². The van der Waals surface area contributed by atoms with Crippen molar-refractivity contribution < 1.29 is 9.15 Å². The van der Waals surface area contributed by atoms with Gasteiger partial charge in [-0.25, -0.2) is 9.67 Å². The van der Waals surface area contributed by atoms with Gasteiger partial charge >= 0.3 is 0 Å². The molecule has 0 spiro atoms. The van der Waals surface area contributed by atoms with Gasteiger partial charge in [-0.05, 0) is 18.6 Å². The van der Waals surface area contributed by atoms with Crippen LogP contribution >= 0.6 is 0 Å². The molecule has 2 aromatic heterocycles. The van der Waals surface area contributed by atoms with Crippen LogP contribution in [-0.2, 0) is 30.7 Å². The molecule has 1 aromatic carbocycles. The lowest BCUT2D eigenvalue weighted by molar-refractivity contribution is 0.177. The zero-order chi connectivity index (χ0) is 19.3. The molecular formula is C20H26N6O2. The first kappa shape index (κ1) is 18.5. The second-order valence-electron chi connectivity index (χ2n) is 6.94. The number of guanidine groups is 1. The molecule has 0 saturated heterocycles. The largest absolute Gasteiger partial charge is 0.461 e. The van der Waals surface area contributed by atoms with Crippen LogP contribution in [-0.4, -0.2) is 47.5 Å². The van der Waals surface area contributed by atoms with E-state index in [0.717, 1.165) is 66.7 Å². The molecule has 1 unspecified atom stereocenters. The fourth-order valence-electron chi connectivity index (χ4n) is 3.52. The number of hydrogen-bond donors (Lipinski definition) is 2. The number of aliphatic imine (C=N–C) groups is 1. The summed E-state index contributed by atoms with van der Waals surface area (Å²) in [7, 11) is 3.45. The van der Waals surface area contributed by atoms with Crippen LogP contribution < -0.4 is 10.6 Å². The minimum absolute atomic E-state index is 0.266. The number of aryl methyl sites for hydroxylation is 1. The number of hydrogen-bond acceptors (Lipinski definition) is 5. The first-order valence-corrected chi connectivity index (χ1v) is 9.61. The standard InChI is InChI=1S/C20H26N6O2/c1-21-20(22-10-9-16-11-14-5-3-4-6-17(14)28-16)23-15-7-8-19-24-18(13-27-2)25-26(19)12-15/h3-6,11,15H,7-10,12-13H2,1-2H3,(H2,21,22,23). The summed E-state index contributed by atoms with van der Waals surface area (Å²) in [6.07, 6.45) is 2.69. The molecule has 0 saturated carbocycles. The number of rotatable bonds is 6. The van der Waals surface area contributed by atoms with Crippen LogP contribution in [0.2, 0.25) is 0 Å². The lowest BCUT2D eigenvalue weighted by Gasteiger charge is -2.25. The Morgan fingerprint density at radius 1 is 1.39 bits per heavy atom. The van der Waals surface area contributed by atoms with Gasteiger partial charge in [0, 0.05) is 45.0 Å². The van der Waals surface area contributed by atoms with Crippen LogP contribution in [0.5, 0.6) is 0 Å². The molecule has 3 heterocycles. The zero-order valence-corrected chi connectivity index (χ0v) is 16.3. The maximum Gasteiger partial charge on any atom is 0.191 e. The summed E-state index contributed by atoms with van der Waals surface area (Å²) in [6.45, 7) is 1.97. The van der Waals surface area contributed by atoms with Crippen molar-refractivity contribution in [1.82, 2.24) is 25.4 Å². The van der Waals surface area contributed by atoms with Crippen molar-refractivity contribution in [3.05, 3.63) is 47.7 Å². The molecule has 0 amide bonds. The molecule has 1 aliphatic heterocycles. The molecule has 4 rings (SSSR count). The maximum atomic E-state index is 5.87. The summed E-state index contributed by atoms with van der Waals surface area (Å²) in [5.41, 5.74) is 0.929. The van der Waals surface area contributed by atoms with Gasteiger partial charge in [-0.2, -0.15) is 5.10 Å². The van der Waals surface area contributed by atoms with Crippen molar-refractivity contribution in [2.24, 2.45) is 4.99 Å². The number of methoxy groups -OCH3 is 1. The summed E-state index contributed by atoms with van der Waals surface area (Å²) < 4.78 is 13.0. The summed E-state index contributed by atoms with van der Waals surface area (Å²) in [5.74, 6) is 3.53. The lowest BCUT2D eigenvalue weighted by Crippen LogP contribution is -2.47. The normalized spacial score (nSPS) is 16.9. The van der Waals surface area contributed by atoms with Crippen molar-refractivity contribution in [1.29, 1.82) is 0 Å². The Morgan fingerprint density at radius 2 is 2.29 bits per heavy atom. The fourth-order valence-corrected chi connectivity index (χ4v) is 3.52. The minimum Gasteiger partial charge on any atom is -0.461 e. The van der Waals surface area contributed by atoms with E-state index in [0.29, 0.717) is 6.61 Å². The Balaban J connectivity index is 1.28. The third kappa shape index (κ3) is 4.17. The topological polar surface area (TPSA) is 89.5 Å². The quantitative estimate of drug-likeness (QED) is 0.500. The van der Waals surface area contributed by atoms with Crippen LogP contribution in [0.1, 0.15) is 23.8 Å². The molecule has 3 aromatic rings. The number of nitrogens with one attached hydrogen (secondary N) is 2. The van der Waals surface area contributed by atoms with E-state index >= 15 is 0 Å². The monoisotopic (exact) mass is 382 g/mol. The molecular weight excluding hydrogens is 356 g/mol. The second kappa shape index (κ2) is 8.43. The summed E-state index contributed by atoms with van der Waals surface area (Å²) >= 11 is 0. The highest BCUT2D eigenvalue weighted by atomic mass is 16.5. The van der Waals surface area contributed by atoms with E-state index in [1.807, 2.05) is 22.9 Å². The fraction of sp³-hybridized carbons (Fsp3) is 0.450. The molecule has 0 bridgehead atoms. The van der Waals surface area contributed by atoms with Crippen molar-refractivity contribution in [2.75, 3.05) is 20.7 Å². The van der Waals surface area contributed by atoms with E-state index in [2.05, 4.69) is 37.8 Å². The number of ether oxygens (including phenoxy) is 1. The number of fused-ring (bicyclic) bond motifs is 2. The molecule has 8 heteroatoms. The van der Waals surface area contributed by atoms with Gasteiger partial charge in [-0.3, -0.25) is 4.99 Å². The van der Waals surface area contributed by atoms with Crippen LogP contribution in [0.15, 0.2) is 39.7 Å². The van der Waals surface area contributed by atoms with E-state index in [1.54, 1.807) is 14.2 Å². The molecule has 0 aliphatic carbocycles. The number of para-hydroxylation sites is 1. The average molecular weight is 382 g/mol. The maximum absolute atomic E-state index is 5.87. The van der Waals surface area contributed by atoms with Gasteiger partial charge in [0.25, 0.3) is 0 Å². The Hall–Kier alpha value is -2.87. The predicted molar refractivity (Wildman–Crippen MR) is 107 cm³/mol. The highest BCUT2D eigenvalue weighted by Crippen LogP contribution is 2.18. The number of furan rings is 1. The smallest absolute Gasteiger partial charge is 0.191 e. The van der Waals surface area contributed by atoms with Gasteiger partial charge in [0.05, 0.1) is 6.54 Å². The highest BCUT2D eigenvalue weighted by molar-refractivity contribution is 5.80. The van der Waals surface area contributed by atoms with Crippen LogP contribution in [0.4, 0.5) is 0 Å². The molecule has 0 fully saturated rings. The molecule has 148 valence electrons. The van der Waals surface area contributed by atoms with E-state index in [9.17, 15) is 0 Å². The van der Waals surface area contributed by atoms with Crippen molar-refractivity contribution in [3.63, 3.8) is 0 Å². The third-order valence-electron chi connectivity index (χ3n) is 4.88. The van der Waals surface area contributed by atoms with Gasteiger partial charge < -0.3 is 19.8 Å². The summed E-state index contributed by atoms with van der Waals surface area (Å²) in [6, 6.07) is 10.4. The molecule has 1 atom stereocenters. The van der Waals surface area contributed by atoms with Gasteiger partial charge in [-0.15, -0.1) is 0 Å². The highest BCUT2D eigenvalue weighted by Gasteiger charge is 2.22. The summed E-state index contributed by atoms with van der Waals surface area (Å²) in [4.78, 5) is 8.86. The van der Waals surface area contributed by atoms with E-state index in [-0.39, 0.29) is 6.04 Å². The van der Waals surface area contributed by atoms with Crippen LogP contribution in [0, 0.1) is 0 Å². The van der Waals surface area contributed by atoms with Crippen molar-refractivity contribution >= 4 is 16.9 Å². The third-order valence-corrected chi connectivity index (χ3v) is 4.88. The Kier molecular flexibility index (Phi) is 5.57. The molecule has 0 radical (unpaired) electrons. The van der Waals surface area contributed by atoms with Crippen molar-refractivity contribution in [2.45, 2.75) is 38.5 Å². The van der Waals surface area contributed by atoms with Gasteiger partial charge in [0.15, 0.2) is 11.8 Å². The molecule has 1 aliphatic rings. The summed E-state index contributed by atoms with van der Waals surface area (Å²) in [5, 5.41) is 12.5. The Bertz CT molecular complexity index is 928. The number of aromatic nitrogens is 3. The lowest BCUT2D eigenvalue weighted by atomic mass is 10.1. The Labute approximate surface area is 164 Å². The number of benzene rings is 1.